The number of carbonyl (C=O) groups is 1. The van der Waals surface area contributed by atoms with Gasteiger partial charge < -0.3 is 21.7 Å². The standard InChI is InChI=1S/C19H19ClN6O/c20-16-10-18(25-19(22)24-16)23-14-7-4-8-15(9-14)26(12-17(21)27)11-13-5-2-1-3-6-13/h1-10H,11-12H2,(H2,21,27)(H3,22,23,24,25). The van der Waals surface area contributed by atoms with Crippen molar-refractivity contribution in [3.05, 3.63) is 71.4 Å². The summed E-state index contributed by atoms with van der Waals surface area (Å²) < 4.78 is 0. The van der Waals surface area contributed by atoms with Gasteiger partial charge in [0.15, 0.2) is 0 Å². The molecule has 0 aliphatic heterocycles. The lowest BCUT2D eigenvalue weighted by molar-refractivity contribution is -0.116. The number of carbonyl (C=O) groups excluding carboxylic acids is 1. The Balaban J connectivity index is 1.84. The Morgan fingerprint density at radius 3 is 2.56 bits per heavy atom. The van der Waals surface area contributed by atoms with Crippen LogP contribution in [0.1, 0.15) is 5.56 Å². The molecule has 0 atom stereocenters. The van der Waals surface area contributed by atoms with Gasteiger partial charge >= 0.3 is 0 Å². The highest BCUT2D eigenvalue weighted by molar-refractivity contribution is 6.29. The molecule has 0 aliphatic carbocycles. The van der Waals surface area contributed by atoms with Crippen molar-refractivity contribution in [2.75, 3.05) is 22.5 Å². The van der Waals surface area contributed by atoms with Gasteiger partial charge in [-0.2, -0.15) is 4.98 Å². The van der Waals surface area contributed by atoms with Crippen molar-refractivity contribution in [2.45, 2.75) is 6.54 Å². The molecule has 2 aromatic carbocycles. The highest BCUT2D eigenvalue weighted by Gasteiger charge is 2.11. The zero-order valence-electron chi connectivity index (χ0n) is 14.5. The van der Waals surface area contributed by atoms with Crippen LogP contribution in [0.2, 0.25) is 5.15 Å². The first-order valence-corrected chi connectivity index (χ1v) is 8.62. The molecule has 0 radical (unpaired) electrons. The number of primary amides is 1. The largest absolute Gasteiger partial charge is 0.368 e. The van der Waals surface area contributed by atoms with Crippen molar-refractivity contribution in [3.8, 4) is 0 Å². The number of nitrogen functional groups attached to an aromatic ring is 1. The molecule has 0 saturated carbocycles. The van der Waals surface area contributed by atoms with E-state index in [0.29, 0.717) is 12.4 Å². The lowest BCUT2D eigenvalue weighted by atomic mass is 10.2. The van der Waals surface area contributed by atoms with Crippen molar-refractivity contribution in [1.82, 2.24) is 9.97 Å². The van der Waals surface area contributed by atoms with Gasteiger partial charge in [-0.25, -0.2) is 4.98 Å². The molecule has 1 amide bonds. The average molecular weight is 383 g/mol. The van der Waals surface area contributed by atoms with Gasteiger partial charge in [-0.1, -0.05) is 48.0 Å². The summed E-state index contributed by atoms with van der Waals surface area (Å²) in [5.41, 5.74) is 13.8. The lowest BCUT2D eigenvalue weighted by Crippen LogP contribution is -2.33. The zero-order chi connectivity index (χ0) is 19.2. The van der Waals surface area contributed by atoms with E-state index >= 15 is 0 Å². The van der Waals surface area contributed by atoms with Crippen molar-refractivity contribution in [2.24, 2.45) is 5.73 Å². The first kappa shape index (κ1) is 18.5. The molecule has 1 aromatic heterocycles. The topological polar surface area (TPSA) is 110 Å². The molecule has 3 rings (SSSR count). The molecule has 5 N–H and O–H groups in total. The molecule has 3 aromatic rings. The van der Waals surface area contributed by atoms with Crippen LogP contribution in [0.4, 0.5) is 23.1 Å². The van der Waals surface area contributed by atoms with Crippen molar-refractivity contribution < 1.29 is 4.79 Å². The third-order valence-electron chi connectivity index (χ3n) is 3.76. The second kappa shape index (κ2) is 8.37. The maximum atomic E-state index is 11.5. The highest BCUT2D eigenvalue weighted by Crippen LogP contribution is 2.24. The van der Waals surface area contributed by atoms with E-state index < -0.39 is 5.91 Å². The van der Waals surface area contributed by atoms with Gasteiger partial charge in [0.1, 0.15) is 11.0 Å². The van der Waals surface area contributed by atoms with E-state index in [1.165, 1.54) is 0 Å². The molecule has 0 bridgehead atoms. The Hall–Kier alpha value is -3.32. The second-order valence-corrected chi connectivity index (χ2v) is 6.30. The van der Waals surface area contributed by atoms with E-state index in [9.17, 15) is 4.79 Å². The van der Waals surface area contributed by atoms with Crippen LogP contribution < -0.4 is 21.7 Å². The van der Waals surface area contributed by atoms with Crippen LogP contribution in [0.5, 0.6) is 0 Å². The lowest BCUT2D eigenvalue weighted by Gasteiger charge is -2.24. The predicted octanol–water partition coefficient (Wildman–Crippen LogP) is 2.95. The maximum absolute atomic E-state index is 11.5. The number of rotatable bonds is 7. The summed E-state index contributed by atoms with van der Waals surface area (Å²) in [7, 11) is 0. The van der Waals surface area contributed by atoms with Gasteiger partial charge in [0.2, 0.25) is 11.9 Å². The number of nitrogens with zero attached hydrogens (tertiary/aromatic N) is 3. The molecule has 0 spiro atoms. The van der Waals surface area contributed by atoms with Crippen LogP contribution in [0.25, 0.3) is 0 Å². The van der Waals surface area contributed by atoms with Gasteiger partial charge in [-0.15, -0.1) is 0 Å². The van der Waals surface area contributed by atoms with Crippen LogP contribution in [0, 0.1) is 0 Å². The number of halogens is 1. The van der Waals surface area contributed by atoms with E-state index in [1.807, 2.05) is 59.5 Å². The van der Waals surface area contributed by atoms with Crippen molar-refractivity contribution >= 4 is 40.6 Å². The number of aromatic nitrogens is 2. The fourth-order valence-electron chi connectivity index (χ4n) is 2.66. The minimum Gasteiger partial charge on any atom is -0.368 e. The number of hydrogen-bond donors (Lipinski definition) is 3. The fraction of sp³-hybridized carbons (Fsp3) is 0.105. The summed E-state index contributed by atoms with van der Waals surface area (Å²) in [4.78, 5) is 21.4. The number of amides is 1. The summed E-state index contributed by atoms with van der Waals surface area (Å²) in [5.74, 6) is 0.161. The first-order chi connectivity index (χ1) is 13.0. The molecule has 0 aliphatic rings. The summed E-state index contributed by atoms with van der Waals surface area (Å²) in [6.45, 7) is 0.657. The summed E-state index contributed by atoms with van der Waals surface area (Å²) in [5, 5.41) is 3.39. The third kappa shape index (κ3) is 5.32. The van der Waals surface area contributed by atoms with Gasteiger partial charge in [0.05, 0.1) is 6.54 Å². The van der Waals surface area contributed by atoms with Gasteiger partial charge in [0, 0.05) is 24.0 Å². The molecule has 138 valence electrons. The van der Waals surface area contributed by atoms with Gasteiger partial charge in [-0.3, -0.25) is 4.79 Å². The van der Waals surface area contributed by atoms with Gasteiger partial charge in [0.25, 0.3) is 0 Å². The van der Waals surface area contributed by atoms with Crippen LogP contribution >= 0.6 is 11.6 Å². The monoisotopic (exact) mass is 382 g/mol. The van der Waals surface area contributed by atoms with Crippen LogP contribution in [-0.2, 0) is 11.3 Å². The molecular formula is C19H19ClN6O. The number of anilines is 4. The second-order valence-electron chi connectivity index (χ2n) is 5.92. The maximum Gasteiger partial charge on any atom is 0.236 e. The molecule has 1 heterocycles. The number of benzene rings is 2. The Morgan fingerprint density at radius 2 is 1.85 bits per heavy atom. The first-order valence-electron chi connectivity index (χ1n) is 8.24. The van der Waals surface area contributed by atoms with Crippen molar-refractivity contribution in [3.63, 3.8) is 0 Å². The zero-order valence-corrected chi connectivity index (χ0v) is 15.2. The molecule has 7 nitrogen and oxygen atoms in total. The molecule has 0 saturated heterocycles. The number of hydrogen-bond acceptors (Lipinski definition) is 6. The Bertz CT molecular complexity index is 914. The smallest absolute Gasteiger partial charge is 0.236 e. The van der Waals surface area contributed by atoms with Crippen molar-refractivity contribution in [1.29, 1.82) is 0 Å². The molecule has 0 unspecified atom stereocenters. The fourth-order valence-corrected chi connectivity index (χ4v) is 2.85. The van der Waals surface area contributed by atoms with Crippen LogP contribution in [-0.4, -0.2) is 22.4 Å². The highest BCUT2D eigenvalue weighted by atomic mass is 35.5. The van der Waals surface area contributed by atoms with E-state index in [1.54, 1.807) is 6.07 Å². The Morgan fingerprint density at radius 1 is 1.07 bits per heavy atom. The number of nitrogens with one attached hydrogen (secondary N) is 1. The molecule has 8 heteroatoms. The minimum absolute atomic E-state index is 0.0839. The Labute approximate surface area is 162 Å². The van der Waals surface area contributed by atoms with E-state index in [2.05, 4.69) is 15.3 Å². The third-order valence-corrected chi connectivity index (χ3v) is 3.95. The van der Waals surface area contributed by atoms with Crippen LogP contribution in [0.15, 0.2) is 60.7 Å². The van der Waals surface area contributed by atoms with E-state index in [-0.39, 0.29) is 17.6 Å². The normalized spacial score (nSPS) is 10.4. The summed E-state index contributed by atoms with van der Waals surface area (Å²) in [6.07, 6.45) is 0. The molecule has 0 fully saturated rings. The van der Waals surface area contributed by atoms with E-state index in [0.717, 1.165) is 16.9 Å². The molecule has 27 heavy (non-hydrogen) atoms. The predicted molar refractivity (Wildman–Crippen MR) is 108 cm³/mol. The number of nitrogens with two attached hydrogens (primary N) is 2. The summed E-state index contributed by atoms with van der Waals surface area (Å²) in [6, 6.07) is 19.0. The quantitative estimate of drug-likeness (QED) is 0.542. The summed E-state index contributed by atoms with van der Waals surface area (Å²) >= 11 is 5.91. The Kier molecular flexibility index (Phi) is 5.73. The SMILES string of the molecule is NC(=O)CN(Cc1ccccc1)c1cccc(Nc2cc(Cl)nc(N)n2)c1. The van der Waals surface area contributed by atoms with Gasteiger partial charge in [-0.05, 0) is 23.8 Å². The molecular weight excluding hydrogens is 364 g/mol. The average Bonchev–Trinajstić information content (AvgIpc) is 2.61. The van der Waals surface area contributed by atoms with Crippen LogP contribution in [0.3, 0.4) is 0 Å². The van der Waals surface area contributed by atoms with E-state index in [4.69, 9.17) is 23.1 Å². The minimum atomic E-state index is -0.403.